The molecule has 9 heteroatoms. The second kappa shape index (κ2) is 11.2. The highest BCUT2D eigenvalue weighted by Gasteiger charge is 2.39. The van der Waals surface area contributed by atoms with Gasteiger partial charge in [0.15, 0.2) is 0 Å². The number of halogens is 2. The average Bonchev–Trinajstić information content (AvgIpc) is 3.38. The lowest BCUT2D eigenvalue weighted by molar-refractivity contribution is 0.0734. The van der Waals surface area contributed by atoms with Gasteiger partial charge >= 0.3 is 0 Å². The lowest BCUT2D eigenvalue weighted by atomic mass is 9.69. The number of rotatable bonds is 6. The van der Waals surface area contributed by atoms with Crippen LogP contribution in [0.1, 0.15) is 77.3 Å². The average molecular weight is 511 g/mol. The molecule has 0 bridgehead atoms. The monoisotopic (exact) mass is 510 g/mol. The molecule has 0 saturated heterocycles. The van der Waals surface area contributed by atoms with Gasteiger partial charge in [0.1, 0.15) is 17.2 Å². The first kappa shape index (κ1) is 28.0. The number of hydrogen-bond acceptors (Lipinski definition) is 6. The first-order valence-corrected chi connectivity index (χ1v) is 12.6. The van der Waals surface area contributed by atoms with Crippen LogP contribution in [-0.4, -0.2) is 24.9 Å². The Morgan fingerprint density at radius 2 is 1.86 bits per heavy atom. The predicted octanol–water partition coefficient (Wildman–Crippen LogP) is 5.24. The molecule has 2 heterocycles. The number of nitrogens with zero attached hydrogens (tertiary/aromatic N) is 4. The van der Waals surface area contributed by atoms with E-state index in [4.69, 9.17) is 16.5 Å². The van der Waals surface area contributed by atoms with E-state index in [9.17, 15) is 13.9 Å². The highest BCUT2D eigenvalue weighted by molar-refractivity contribution is 5.67. The molecule has 3 aromatic rings. The summed E-state index contributed by atoms with van der Waals surface area (Å²) in [5.74, 6) is -1.09. The normalized spacial score (nSPS) is 18.4. The Bertz CT molecular complexity index is 1290. The second-order valence-corrected chi connectivity index (χ2v) is 9.37. The quantitative estimate of drug-likeness (QED) is 0.418. The van der Waals surface area contributed by atoms with E-state index in [0.29, 0.717) is 30.2 Å². The molecule has 0 spiro atoms. The Labute approximate surface area is 216 Å². The standard InChI is InChI=1S/C26H30F2N6O.C2H6/c1-4-26(21-10-13-31-24(32-21)34-14-11-20(33-34)25(2,3)35)12-6-7-16(23(26)30)15-19(29)22-17(27)8-5-9-18(22)28;1-2/h5,8-11,13-15,35H,4,6-7,12,29-30H2,1-3H3;1-2H3/b19-15-;. The van der Waals surface area contributed by atoms with E-state index in [2.05, 4.69) is 10.1 Å². The third kappa shape index (κ3) is 5.56. The van der Waals surface area contributed by atoms with E-state index in [1.165, 1.54) is 22.9 Å². The minimum Gasteiger partial charge on any atom is -0.401 e. The zero-order valence-corrected chi connectivity index (χ0v) is 22.1. The van der Waals surface area contributed by atoms with Crippen molar-refractivity contribution >= 4 is 5.70 Å². The van der Waals surface area contributed by atoms with Gasteiger partial charge in [0.05, 0.1) is 22.4 Å². The van der Waals surface area contributed by atoms with Crippen LogP contribution in [0, 0.1) is 11.6 Å². The van der Waals surface area contributed by atoms with Crippen molar-refractivity contribution in [3.63, 3.8) is 0 Å². The number of benzene rings is 1. The first-order valence-electron chi connectivity index (χ1n) is 12.6. The summed E-state index contributed by atoms with van der Waals surface area (Å²) in [6.07, 6.45) is 7.78. The molecule has 1 atom stereocenters. The molecule has 1 aliphatic carbocycles. The van der Waals surface area contributed by atoms with Gasteiger partial charge in [-0.15, -0.1) is 0 Å². The number of hydrogen-bond donors (Lipinski definition) is 3. The summed E-state index contributed by atoms with van der Waals surface area (Å²) in [5, 5.41) is 14.6. The van der Waals surface area contributed by atoms with Gasteiger partial charge in [0.2, 0.25) is 0 Å². The Hall–Kier alpha value is -3.59. The highest BCUT2D eigenvalue weighted by Crippen LogP contribution is 2.43. The van der Waals surface area contributed by atoms with Gasteiger partial charge in [-0.1, -0.05) is 26.8 Å². The molecule has 4 rings (SSSR count). The molecule has 37 heavy (non-hydrogen) atoms. The first-order chi connectivity index (χ1) is 17.6. The Kier molecular flexibility index (Phi) is 8.48. The SMILES string of the molecule is CC.CCC1(c2ccnc(-n3ccc(C(C)(C)O)n3)n2)CCCC(/C=C(\N)c2c(F)cccc2F)=C1N. The molecule has 0 fully saturated rings. The fraction of sp³-hybridized carbons (Fsp3) is 0.393. The van der Waals surface area contributed by atoms with Crippen LogP contribution in [0.3, 0.4) is 0 Å². The molecule has 0 aliphatic heterocycles. The van der Waals surface area contributed by atoms with Crippen LogP contribution in [0.4, 0.5) is 8.78 Å². The molecular weight excluding hydrogens is 474 g/mol. The molecular formula is C28H36F2N6O. The van der Waals surface area contributed by atoms with E-state index in [-0.39, 0.29) is 11.3 Å². The number of nitrogens with two attached hydrogens (primary N) is 2. The fourth-order valence-corrected chi connectivity index (χ4v) is 4.64. The summed E-state index contributed by atoms with van der Waals surface area (Å²) in [6, 6.07) is 7.19. The Morgan fingerprint density at radius 3 is 2.46 bits per heavy atom. The summed E-state index contributed by atoms with van der Waals surface area (Å²) >= 11 is 0. The van der Waals surface area contributed by atoms with Gasteiger partial charge in [-0.3, -0.25) is 0 Å². The van der Waals surface area contributed by atoms with Crippen LogP contribution in [0.25, 0.3) is 11.6 Å². The van der Waals surface area contributed by atoms with Gasteiger partial charge < -0.3 is 16.6 Å². The van der Waals surface area contributed by atoms with Crippen molar-refractivity contribution in [2.24, 2.45) is 11.5 Å². The van der Waals surface area contributed by atoms with Crippen LogP contribution < -0.4 is 11.5 Å². The van der Waals surface area contributed by atoms with Crippen LogP contribution in [0.5, 0.6) is 0 Å². The minimum atomic E-state index is -1.09. The largest absolute Gasteiger partial charge is 0.401 e. The molecule has 0 amide bonds. The topological polar surface area (TPSA) is 116 Å². The van der Waals surface area contributed by atoms with E-state index < -0.39 is 22.7 Å². The molecule has 1 unspecified atom stereocenters. The van der Waals surface area contributed by atoms with Gasteiger partial charge in [-0.25, -0.2) is 23.4 Å². The van der Waals surface area contributed by atoms with Crippen LogP contribution >= 0.6 is 0 Å². The van der Waals surface area contributed by atoms with Gasteiger partial charge in [0, 0.05) is 23.8 Å². The van der Waals surface area contributed by atoms with E-state index in [0.717, 1.165) is 24.1 Å². The maximum atomic E-state index is 14.3. The zero-order valence-electron chi connectivity index (χ0n) is 22.1. The van der Waals surface area contributed by atoms with Crippen molar-refractivity contribution in [3.05, 3.63) is 88.7 Å². The van der Waals surface area contributed by atoms with Crippen molar-refractivity contribution in [2.45, 2.75) is 71.3 Å². The third-order valence-corrected chi connectivity index (χ3v) is 6.65. The molecule has 0 saturated carbocycles. The lowest BCUT2D eigenvalue weighted by Gasteiger charge is -2.38. The van der Waals surface area contributed by atoms with E-state index in [1.54, 1.807) is 38.4 Å². The fourth-order valence-electron chi connectivity index (χ4n) is 4.64. The highest BCUT2D eigenvalue weighted by atomic mass is 19.1. The Balaban J connectivity index is 0.00000186. The summed E-state index contributed by atoms with van der Waals surface area (Å²) in [7, 11) is 0. The van der Waals surface area contributed by atoms with Gasteiger partial charge in [-0.2, -0.15) is 5.10 Å². The molecule has 1 aromatic carbocycles. The number of aromatic nitrogens is 4. The number of aliphatic hydroxyl groups is 1. The zero-order chi connectivity index (χ0) is 27.4. The lowest BCUT2D eigenvalue weighted by Crippen LogP contribution is -2.37. The number of allylic oxidation sites excluding steroid dienone is 3. The summed E-state index contributed by atoms with van der Waals surface area (Å²) in [5.41, 5.74) is 13.4. The molecule has 7 nitrogen and oxygen atoms in total. The van der Waals surface area contributed by atoms with Crippen LogP contribution in [0.15, 0.2) is 60.1 Å². The summed E-state index contributed by atoms with van der Waals surface area (Å²) in [4.78, 5) is 9.13. The van der Waals surface area contributed by atoms with Gasteiger partial charge in [0.25, 0.3) is 5.95 Å². The van der Waals surface area contributed by atoms with Crippen molar-refractivity contribution in [2.75, 3.05) is 0 Å². The molecule has 5 N–H and O–H groups in total. The van der Waals surface area contributed by atoms with Crippen LogP contribution in [-0.2, 0) is 11.0 Å². The maximum absolute atomic E-state index is 14.3. The van der Waals surface area contributed by atoms with Crippen molar-refractivity contribution in [1.29, 1.82) is 0 Å². The molecule has 198 valence electrons. The van der Waals surface area contributed by atoms with E-state index in [1.807, 2.05) is 26.8 Å². The smallest absolute Gasteiger partial charge is 0.250 e. The van der Waals surface area contributed by atoms with E-state index >= 15 is 0 Å². The second-order valence-electron chi connectivity index (χ2n) is 9.37. The minimum absolute atomic E-state index is 0.00971. The predicted molar refractivity (Wildman–Crippen MR) is 141 cm³/mol. The van der Waals surface area contributed by atoms with Crippen LogP contribution in [0.2, 0.25) is 0 Å². The summed E-state index contributed by atoms with van der Waals surface area (Å²) < 4.78 is 30.1. The Morgan fingerprint density at radius 1 is 1.19 bits per heavy atom. The van der Waals surface area contributed by atoms with Crippen molar-refractivity contribution < 1.29 is 13.9 Å². The molecule has 2 aromatic heterocycles. The van der Waals surface area contributed by atoms with Gasteiger partial charge in [-0.05, 0) is 75.4 Å². The molecule has 1 aliphatic rings. The maximum Gasteiger partial charge on any atom is 0.250 e. The van der Waals surface area contributed by atoms with Crippen molar-refractivity contribution in [1.82, 2.24) is 19.7 Å². The molecule has 0 radical (unpaired) electrons. The third-order valence-electron chi connectivity index (χ3n) is 6.65. The van der Waals surface area contributed by atoms with Crippen molar-refractivity contribution in [3.8, 4) is 5.95 Å². The summed E-state index contributed by atoms with van der Waals surface area (Å²) in [6.45, 7) is 9.34.